The van der Waals surface area contributed by atoms with Gasteiger partial charge in [0.15, 0.2) is 12.1 Å². The highest BCUT2D eigenvalue weighted by molar-refractivity contribution is 5.19. The van der Waals surface area contributed by atoms with E-state index in [0.717, 1.165) is 0 Å². The van der Waals surface area contributed by atoms with E-state index in [4.69, 9.17) is 10.3 Å². The molecule has 0 radical (unpaired) electrons. The Hall–Kier alpha value is -1.92. The quantitative estimate of drug-likeness (QED) is 0.633. The van der Waals surface area contributed by atoms with Crippen molar-refractivity contribution in [3.05, 3.63) is 18.4 Å². The average Bonchev–Trinajstić information content (AvgIpc) is 2.63. The lowest BCUT2D eigenvalue weighted by atomic mass is 10.6. The Labute approximate surface area is 67.2 Å². The van der Waals surface area contributed by atoms with Gasteiger partial charge in [-0.3, -0.25) is 0 Å². The molecule has 0 aliphatic carbocycles. The Morgan fingerprint density at radius 2 is 2.50 bits per heavy atom. The van der Waals surface area contributed by atoms with Crippen LogP contribution in [0.4, 0.5) is 5.82 Å². The maximum Gasteiger partial charge on any atom is 0.248 e. The van der Waals surface area contributed by atoms with Gasteiger partial charge in [-0.25, -0.2) is 4.68 Å². The van der Waals surface area contributed by atoms with Crippen LogP contribution in [-0.2, 0) is 6.54 Å². The van der Waals surface area contributed by atoms with E-state index in [9.17, 15) is 0 Å². The molecule has 0 bridgehead atoms. The Bertz CT molecular complexity index is 352. The second-order valence-electron chi connectivity index (χ2n) is 2.18. The van der Waals surface area contributed by atoms with Gasteiger partial charge in [-0.2, -0.15) is 4.98 Å². The highest BCUT2D eigenvalue weighted by Crippen LogP contribution is 1.97. The van der Waals surface area contributed by atoms with Crippen LogP contribution in [0.3, 0.4) is 0 Å². The molecule has 62 valence electrons. The molecule has 0 atom stereocenters. The molecule has 0 unspecified atom stereocenters. The number of nitrogens with zero attached hydrogens (tertiary/aromatic N) is 5. The van der Waals surface area contributed by atoms with Crippen LogP contribution in [0.25, 0.3) is 0 Å². The molecule has 2 rings (SSSR count). The van der Waals surface area contributed by atoms with Crippen molar-refractivity contribution >= 4 is 5.82 Å². The van der Waals surface area contributed by atoms with E-state index in [1.165, 1.54) is 11.0 Å². The fraction of sp³-hybridized carbons (Fsp3) is 0.200. The Morgan fingerprint density at radius 3 is 3.08 bits per heavy atom. The summed E-state index contributed by atoms with van der Waals surface area (Å²) in [4.78, 5) is 3.81. The molecular weight excluding hydrogens is 160 g/mol. The van der Waals surface area contributed by atoms with E-state index >= 15 is 0 Å². The number of rotatable bonds is 2. The molecular formula is C5H6N6O. The van der Waals surface area contributed by atoms with Crippen LogP contribution in [0.2, 0.25) is 0 Å². The largest absolute Gasteiger partial charge is 0.381 e. The maximum absolute atomic E-state index is 5.35. The predicted octanol–water partition coefficient (Wildman–Crippen LogP) is -0.708. The van der Waals surface area contributed by atoms with Crippen LogP contribution in [0.15, 0.2) is 17.0 Å². The van der Waals surface area contributed by atoms with Gasteiger partial charge in [-0.15, -0.1) is 5.10 Å². The number of anilines is 1. The second-order valence-corrected chi connectivity index (χ2v) is 2.18. The highest BCUT2D eigenvalue weighted by atomic mass is 16.5. The molecule has 0 aliphatic rings. The zero-order chi connectivity index (χ0) is 8.39. The molecule has 0 saturated carbocycles. The maximum atomic E-state index is 5.35. The minimum Gasteiger partial charge on any atom is -0.381 e. The molecule has 0 saturated heterocycles. The highest BCUT2D eigenvalue weighted by Gasteiger charge is 2.01. The van der Waals surface area contributed by atoms with Gasteiger partial charge in [0.1, 0.15) is 6.54 Å². The minimum atomic E-state index is 0.370. The normalized spacial score (nSPS) is 10.3. The third kappa shape index (κ3) is 1.24. The number of hydrogen-bond donors (Lipinski definition) is 1. The topological polar surface area (TPSA) is 95.7 Å². The molecule has 12 heavy (non-hydrogen) atoms. The number of hydrogen-bond acceptors (Lipinski definition) is 6. The lowest BCUT2D eigenvalue weighted by Gasteiger charge is -1.90. The summed E-state index contributed by atoms with van der Waals surface area (Å²) in [5.41, 5.74) is 5.35. The van der Waals surface area contributed by atoms with Crippen molar-refractivity contribution in [2.45, 2.75) is 6.54 Å². The lowest BCUT2D eigenvalue weighted by Crippen LogP contribution is -2.00. The van der Waals surface area contributed by atoms with Gasteiger partial charge in [0.05, 0.1) is 6.20 Å². The summed E-state index contributed by atoms with van der Waals surface area (Å²) in [5, 5.41) is 10.7. The van der Waals surface area contributed by atoms with Gasteiger partial charge < -0.3 is 10.3 Å². The molecule has 7 nitrogen and oxygen atoms in total. The van der Waals surface area contributed by atoms with E-state index in [0.29, 0.717) is 18.3 Å². The van der Waals surface area contributed by atoms with Gasteiger partial charge in [0, 0.05) is 0 Å². The first-order valence-electron chi connectivity index (χ1n) is 3.26. The summed E-state index contributed by atoms with van der Waals surface area (Å²) in [6.07, 6.45) is 2.92. The van der Waals surface area contributed by atoms with Crippen LogP contribution in [-0.4, -0.2) is 25.1 Å². The van der Waals surface area contributed by atoms with Crippen molar-refractivity contribution in [2.24, 2.45) is 0 Å². The van der Waals surface area contributed by atoms with Crippen molar-refractivity contribution in [1.82, 2.24) is 25.1 Å². The fourth-order valence-corrected chi connectivity index (χ4v) is 0.795. The first-order chi connectivity index (χ1) is 5.84. The summed E-state index contributed by atoms with van der Waals surface area (Å²) in [6.45, 7) is 0.393. The first-order valence-corrected chi connectivity index (χ1v) is 3.26. The van der Waals surface area contributed by atoms with Gasteiger partial charge >= 0.3 is 0 Å². The SMILES string of the molecule is Nc1cn(Cc2ncno2)nn1. The summed E-state index contributed by atoms with van der Waals surface area (Å²) >= 11 is 0. The zero-order valence-electron chi connectivity index (χ0n) is 6.08. The molecule has 2 heterocycles. The van der Waals surface area contributed by atoms with Crippen molar-refractivity contribution in [3.63, 3.8) is 0 Å². The Morgan fingerprint density at radius 1 is 1.58 bits per heavy atom. The lowest BCUT2D eigenvalue weighted by molar-refractivity contribution is 0.363. The third-order valence-electron chi connectivity index (χ3n) is 1.26. The van der Waals surface area contributed by atoms with Crippen LogP contribution in [0.5, 0.6) is 0 Å². The van der Waals surface area contributed by atoms with Crippen LogP contribution < -0.4 is 5.73 Å². The predicted molar refractivity (Wildman–Crippen MR) is 37.8 cm³/mol. The molecule has 2 aromatic heterocycles. The van der Waals surface area contributed by atoms with E-state index in [-0.39, 0.29) is 0 Å². The van der Waals surface area contributed by atoms with Crippen molar-refractivity contribution in [3.8, 4) is 0 Å². The minimum absolute atomic E-state index is 0.370. The molecule has 0 fully saturated rings. The smallest absolute Gasteiger partial charge is 0.248 e. The van der Waals surface area contributed by atoms with Crippen LogP contribution >= 0.6 is 0 Å². The summed E-state index contributed by atoms with van der Waals surface area (Å²) in [5.74, 6) is 0.842. The summed E-state index contributed by atoms with van der Waals surface area (Å²) < 4.78 is 6.27. The molecule has 0 amide bonds. The monoisotopic (exact) mass is 166 g/mol. The molecule has 2 aromatic rings. The van der Waals surface area contributed by atoms with Gasteiger partial charge in [-0.05, 0) is 0 Å². The van der Waals surface area contributed by atoms with E-state index in [2.05, 4.69) is 20.5 Å². The molecule has 0 aromatic carbocycles. The van der Waals surface area contributed by atoms with Gasteiger partial charge in [0.2, 0.25) is 5.89 Å². The number of nitrogen functional groups attached to an aromatic ring is 1. The van der Waals surface area contributed by atoms with Crippen LogP contribution in [0, 0.1) is 0 Å². The fourth-order valence-electron chi connectivity index (χ4n) is 0.795. The zero-order valence-corrected chi connectivity index (χ0v) is 6.08. The molecule has 0 aliphatic heterocycles. The third-order valence-corrected chi connectivity index (χ3v) is 1.26. The van der Waals surface area contributed by atoms with Crippen molar-refractivity contribution in [1.29, 1.82) is 0 Å². The van der Waals surface area contributed by atoms with Gasteiger partial charge in [-0.1, -0.05) is 10.4 Å². The van der Waals surface area contributed by atoms with Crippen molar-refractivity contribution < 1.29 is 4.52 Å². The van der Waals surface area contributed by atoms with E-state index in [1.807, 2.05) is 0 Å². The van der Waals surface area contributed by atoms with Crippen LogP contribution in [0.1, 0.15) is 5.89 Å². The van der Waals surface area contributed by atoms with Crippen molar-refractivity contribution in [2.75, 3.05) is 5.73 Å². The summed E-state index contributed by atoms with van der Waals surface area (Å²) in [7, 11) is 0. The standard InChI is InChI=1S/C5H6N6O/c6-4-1-11(10-9-4)2-5-7-3-8-12-5/h1,3H,2,6H2. The van der Waals surface area contributed by atoms with E-state index < -0.39 is 0 Å². The molecule has 7 heteroatoms. The number of aromatic nitrogens is 5. The number of nitrogens with two attached hydrogens (primary N) is 1. The van der Waals surface area contributed by atoms with Gasteiger partial charge in [0.25, 0.3) is 0 Å². The molecule has 2 N–H and O–H groups in total. The Balaban J connectivity index is 2.14. The average molecular weight is 166 g/mol. The Kier molecular flexibility index (Phi) is 1.47. The summed E-state index contributed by atoms with van der Waals surface area (Å²) in [6, 6.07) is 0. The molecule has 0 spiro atoms. The first kappa shape index (κ1) is 6.77. The van der Waals surface area contributed by atoms with E-state index in [1.54, 1.807) is 6.20 Å². The second kappa shape index (κ2) is 2.61.